The Bertz CT molecular complexity index is 483. The molecule has 2 heterocycles. The van der Waals surface area contributed by atoms with Crippen LogP contribution >= 0.6 is 0 Å². The number of likely N-dealkylation sites (tertiary alicyclic amines) is 1. The summed E-state index contributed by atoms with van der Waals surface area (Å²) in [4.78, 5) is 26.8. The van der Waals surface area contributed by atoms with Crippen molar-refractivity contribution >= 4 is 11.9 Å². The minimum absolute atomic E-state index is 0.0770. The minimum atomic E-state index is -1.17. The van der Waals surface area contributed by atoms with Crippen LogP contribution in [-0.2, 0) is 0 Å². The highest BCUT2D eigenvalue weighted by atomic mass is 16.4. The van der Waals surface area contributed by atoms with Crippen molar-refractivity contribution in [3.05, 3.63) is 23.7 Å². The van der Waals surface area contributed by atoms with Crippen molar-refractivity contribution in [3.63, 3.8) is 0 Å². The third kappa shape index (κ3) is 2.96. The number of hydrogen-bond donors (Lipinski definition) is 1. The molecule has 6 heteroatoms. The quantitative estimate of drug-likeness (QED) is 0.888. The maximum atomic E-state index is 12.2. The van der Waals surface area contributed by atoms with E-state index in [1.54, 1.807) is 11.9 Å². The van der Waals surface area contributed by atoms with Gasteiger partial charge in [-0.2, -0.15) is 0 Å². The summed E-state index contributed by atoms with van der Waals surface area (Å²) in [6.45, 7) is 1.87. The summed E-state index contributed by atoms with van der Waals surface area (Å²) >= 11 is 0. The van der Waals surface area contributed by atoms with Gasteiger partial charge in [0, 0.05) is 19.6 Å². The summed E-state index contributed by atoms with van der Waals surface area (Å²) < 4.78 is 5.04. The largest absolute Gasteiger partial charge is 0.475 e. The number of carboxylic acid groups (broad SMARTS) is 1. The molecule has 0 radical (unpaired) electrons. The van der Waals surface area contributed by atoms with Crippen molar-refractivity contribution in [2.45, 2.75) is 18.9 Å². The third-order valence-electron chi connectivity index (χ3n) is 3.50. The van der Waals surface area contributed by atoms with Gasteiger partial charge in [-0.15, -0.1) is 0 Å². The fourth-order valence-corrected chi connectivity index (χ4v) is 2.36. The van der Waals surface area contributed by atoms with E-state index < -0.39 is 5.97 Å². The Morgan fingerprint density at radius 1 is 1.42 bits per heavy atom. The van der Waals surface area contributed by atoms with Gasteiger partial charge in [-0.25, -0.2) is 4.79 Å². The zero-order valence-electron chi connectivity index (χ0n) is 11.1. The van der Waals surface area contributed by atoms with E-state index in [9.17, 15) is 9.59 Å². The molecule has 1 unspecified atom stereocenters. The number of aromatic carboxylic acids is 1. The lowest BCUT2D eigenvalue weighted by Crippen LogP contribution is -2.47. The first kappa shape index (κ1) is 13.6. The van der Waals surface area contributed by atoms with Gasteiger partial charge in [0.05, 0.1) is 0 Å². The molecule has 1 atom stereocenters. The predicted octanol–water partition coefficient (Wildman–Crippen LogP) is 1.14. The Hall–Kier alpha value is -1.82. The molecule has 1 aromatic rings. The number of amides is 1. The van der Waals surface area contributed by atoms with E-state index in [0.717, 1.165) is 25.9 Å². The van der Waals surface area contributed by atoms with E-state index in [-0.39, 0.29) is 23.5 Å². The zero-order valence-corrected chi connectivity index (χ0v) is 11.1. The molecule has 0 bridgehead atoms. The van der Waals surface area contributed by atoms with E-state index in [1.165, 1.54) is 12.1 Å². The van der Waals surface area contributed by atoms with Crippen LogP contribution in [0, 0.1) is 0 Å². The van der Waals surface area contributed by atoms with Crippen LogP contribution in [0.5, 0.6) is 0 Å². The van der Waals surface area contributed by atoms with E-state index in [4.69, 9.17) is 9.52 Å². The Balaban J connectivity index is 2.07. The molecule has 0 aromatic carbocycles. The standard InChI is InChI=1S/C13H18N2O4/c1-14-7-3-4-9(8-14)15(2)12(16)10-5-6-11(19-10)13(17)18/h5-6,9H,3-4,7-8H2,1-2H3,(H,17,18). The topological polar surface area (TPSA) is 74.0 Å². The summed E-state index contributed by atoms with van der Waals surface area (Å²) in [6, 6.07) is 2.86. The average molecular weight is 266 g/mol. The van der Waals surface area contributed by atoms with E-state index in [0.29, 0.717) is 0 Å². The first-order valence-electron chi connectivity index (χ1n) is 6.28. The second-order valence-corrected chi connectivity index (χ2v) is 4.94. The Morgan fingerprint density at radius 3 is 2.68 bits per heavy atom. The molecular weight excluding hydrogens is 248 g/mol. The van der Waals surface area contributed by atoms with Gasteiger partial charge in [-0.1, -0.05) is 0 Å². The molecule has 2 rings (SSSR count). The summed E-state index contributed by atoms with van der Waals surface area (Å²) in [5.74, 6) is -1.57. The maximum absolute atomic E-state index is 12.2. The number of carbonyl (C=O) groups excluding carboxylic acids is 1. The van der Waals surface area contributed by atoms with Crippen molar-refractivity contribution in [1.82, 2.24) is 9.80 Å². The van der Waals surface area contributed by atoms with Crippen LogP contribution in [0.2, 0.25) is 0 Å². The number of nitrogens with zero attached hydrogens (tertiary/aromatic N) is 2. The highest BCUT2D eigenvalue weighted by Crippen LogP contribution is 2.17. The molecule has 0 saturated carbocycles. The molecule has 1 N–H and O–H groups in total. The second kappa shape index (κ2) is 5.44. The third-order valence-corrected chi connectivity index (χ3v) is 3.50. The number of carbonyl (C=O) groups is 2. The fraction of sp³-hybridized carbons (Fsp3) is 0.538. The lowest BCUT2D eigenvalue weighted by atomic mass is 10.0. The Morgan fingerprint density at radius 2 is 2.11 bits per heavy atom. The predicted molar refractivity (Wildman–Crippen MR) is 68.3 cm³/mol. The van der Waals surface area contributed by atoms with Crippen molar-refractivity contribution in [2.75, 3.05) is 27.2 Å². The minimum Gasteiger partial charge on any atom is -0.475 e. The first-order valence-corrected chi connectivity index (χ1v) is 6.28. The molecule has 1 amide bonds. The number of furan rings is 1. The highest BCUT2D eigenvalue weighted by Gasteiger charge is 2.27. The molecule has 1 aliphatic heterocycles. The molecular formula is C13H18N2O4. The summed E-state index contributed by atoms with van der Waals surface area (Å²) in [5.41, 5.74) is 0. The SMILES string of the molecule is CN1CCCC(N(C)C(=O)c2ccc(C(=O)O)o2)C1. The molecule has 1 aliphatic rings. The van der Waals surface area contributed by atoms with E-state index >= 15 is 0 Å². The fourth-order valence-electron chi connectivity index (χ4n) is 2.36. The normalized spacial score (nSPS) is 20.2. The highest BCUT2D eigenvalue weighted by molar-refractivity contribution is 5.93. The monoisotopic (exact) mass is 266 g/mol. The number of carboxylic acids is 1. The van der Waals surface area contributed by atoms with Crippen LogP contribution in [-0.4, -0.2) is 60.0 Å². The van der Waals surface area contributed by atoms with Gasteiger partial charge < -0.3 is 19.3 Å². The van der Waals surface area contributed by atoms with Crippen LogP contribution in [0.15, 0.2) is 16.5 Å². The van der Waals surface area contributed by atoms with E-state index in [1.807, 2.05) is 7.05 Å². The first-order chi connectivity index (χ1) is 8.99. The van der Waals surface area contributed by atoms with Crippen LogP contribution < -0.4 is 0 Å². The molecule has 104 valence electrons. The van der Waals surface area contributed by atoms with Crippen molar-refractivity contribution in [1.29, 1.82) is 0 Å². The van der Waals surface area contributed by atoms with Gasteiger partial charge in [-0.3, -0.25) is 4.79 Å². The molecule has 0 aliphatic carbocycles. The van der Waals surface area contributed by atoms with Gasteiger partial charge in [0.1, 0.15) is 0 Å². The van der Waals surface area contributed by atoms with Gasteiger partial charge >= 0.3 is 5.97 Å². The number of hydrogen-bond acceptors (Lipinski definition) is 4. The van der Waals surface area contributed by atoms with Gasteiger partial charge in [-0.05, 0) is 38.6 Å². The van der Waals surface area contributed by atoms with Crippen molar-refractivity contribution in [3.8, 4) is 0 Å². The molecule has 1 fully saturated rings. The smallest absolute Gasteiger partial charge is 0.371 e. The molecule has 19 heavy (non-hydrogen) atoms. The summed E-state index contributed by atoms with van der Waals surface area (Å²) in [6.07, 6.45) is 2.01. The summed E-state index contributed by atoms with van der Waals surface area (Å²) in [5, 5.41) is 8.78. The average Bonchev–Trinajstić information content (AvgIpc) is 2.86. The second-order valence-electron chi connectivity index (χ2n) is 4.94. The molecule has 1 aromatic heterocycles. The molecule has 0 spiro atoms. The lowest BCUT2D eigenvalue weighted by molar-refractivity contribution is 0.0598. The number of likely N-dealkylation sites (N-methyl/N-ethyl adjacent to an activating group) is 2. The van der Waals surface area contributed by atoms with Crippen LogP contribution in [0.3, 0.4) is 0 Å². The van der Waals surface area contributed by atoms with Gasteiger partial charge in [0.15, 0.2) is 5.76 Å². The number of piperidine rings is 1. The van der Waals surface area contributed by atoms with Crippen LogP contribution in [0.1, 0.15) is 34.0 Å². The maximum Gasteiger partial charge on any atom is 0.371 e. The van der Waals surface area contributed by atoms with Gasteiger partial charge in [0.2, 0.25) is 5.76 Å². The Labute approximate surface area is 111 Å². The van der Waals surface area contributed by atoms with Gasteiger partial charge in [0.25, 0.3) is 5.91 Å². The van der Waals surface area contributed by atoms with Crippen LogP contribution in [0.25, 0.3) is 0 Å². The van der Waals surface area contributed by atoms with Crippen molar-refractivity contribution in [2.24, 2.45) is 0 Å². The molecule has 1 saturated heterocycles. The zero-order chi connectivity index (χ0) is 14.0. The lowest BCUT2D eigenvalue weighted by Gasteiger charge is -2.35. The van der Waals surface area contributed by atoms with Crippen LogP contribution in [0.4, 0.5) is 0 Å². The van der Waals surface area contributed by atoms with E-state index in [2.05, 4.69) is 4.90 Å². The summed E-state index contributed by atoms with van der Waals surface area (Å²) in [7, 11) is 3.76. The van der Waals surface area contributed by atoms with Crippen molar-refractivity contribution < 1.29 is 19.1 Å². The Kier molecular flexibility index (Phi) is 3.90. The molecule has 6 nitrogen and oxygen atoms in total. The number of rotatable bonds is 3.